The van der Waals surface area contributed by atoms with Crippen molar-refractivity contribution < 1.29 is 19.4 Å². The molecule has 0 saturated carbocycles. The highest BCUT2D eigenvalue weighted by Crippen LogP contribution is 2.24. The highest BCUT2D eigenvalue weighted by Gasteiger charge is 2.07. The van der Waals surface area contributed by atoms with Gasteiger partial charge < -0.3 is 19.5 Å². The molecule has 0 saturated heterocycles. The molecule has 1 N–H and O–H groups in total. The van der Waals surface area contributed by atoms with Crippen molar-refractivity contribution in [2.75, 3.05) is 27.8 Å². The van der Waals surface area contributed by atoms with E-state index < -0.39 is 0 Å². The van der Waals surface area contributed by atoms with E-state index in [4.69, 9.17) is 9.47 Å². The van der Waals surface area contributed by atoms with E-state index in [2.05, 4.69) is 0 Å². The van der Waals surface area contributed by atoms with E-state index in [1.165, 1.54) is 4.90 Å². The van der Waals surface area contributed by atoms with E-state index in [1.54, 1.807) is 39.4 Å². The Labute approximate surface area is 107 Å². The fourth-order valence-electron chi connectivity index (χ4n) is 1.42. The van der Waals surface area contributed by atoms with Gasteiger partial charge in [0, 0.05) is 19.7 Å². The molecule has 1 aromatic rings. The molecule has 0 unspecified atom stereocenters. The Bertz CT molecular complexity index is 404. The molecule has 1 amide bonds. The average molecular weight is 253 g/mol. The first-order chi connectivity index (χ1) is 8.58. The lowest BCUT2D eigenvalue weighted by Gasteiger charge is -2.13. The number of ether oxygens (including phenoxy) is 2. The summed E-state index contributed by atoms with van der Waals surface area (Å²) in [5, 5.41) is 9.22. The van der Waals surface area contributed by atoms with Crippen molar-refractivity contribution in [3.63, 3.8) is 0 Å². The summed E-state index contributed by atoms with van der Waals surface area (Å²) in [5.41, 5.74) is 0.645. The Morgan fingerprint density at radius 2 is 2.11 bits per heavy atom. The minimum Gasteiger partial charge on any atom is -0.497 e. The highest BCUT2D eigenvalue weighted by molar-refractivity contribution is 5.75. The number of rotatable bonds is 6. The van der Waals surface area contributed by atoms with Gasteiger partial charge in [0.1, 0.15) is 11.5 Å². The maximum Gasteiger partial charge on any atom is 0.225 e. The van der Waals surface area contributed by atoms with Crippen LogP contribution >= 0.6 is 0 Å². The normalized spacial score (nSPS) is 10.0. The Morgan fingerprint density at radius 1 is 1.39 bits per heavy atom. The number of benzene rings is 1. The lowest BCUT2D eigenvalue weighted by Crippen LogP contribution is -2.23. The van der Waals surface area contributed by atoms with Crippen LogP contribution in [0.5, 0.6) is 11.5 Å². The summed E-state index contributed by atoms with van der Waals surface area (Å²) in [6.45, 7) is 0.157. The van der Waals surface area contributed by atoms with Gasteiger partial charge in [-0.1, -0.05) is 0 Å². The molecule has 100 valence electrons. The molecule has 0 aliphatic rings. The van der Waals surface area contributed by atoms with Gasteiger partial charge in [0.25, 0.3) is 0 Å². The van der Waals surface area contributed by atoms with Gasteiger partial charge in [-0.3, -0.25) is 4.79 Å². The van der Waals surface area contributed by atoms with Crippen molar-refractivity contribution in [1.29, 1.82) is 0 Å². The van der Waals surface area contributed by atoms with Gasteiger partial charge in [-0.05, 0) is 18.2 Å². The third-order valence-electron chi connectivity index (χ3n) is 2.51. The van der Waals surface area contributed by atoms with Crippen molar-refractivity contribution in [2.24, 2.45) is 0 Å². The lowest BCUT2D eigenvalue weighted by atomic mass is 10.2. The Hall–Kier alpha value is -1.75. The first-order valence-electron chi connectivity index (χ1n) is 5.69. The van der Waals surface area contributed by atoms with Crippen molar-refractivity contribution in [1.82, 2.24) is 4.90 Å². The molecule has 5 heteroatoms. The van der Waals surface area contributed by atoms with Crippen LogP contribution in [-0.4, -0.2) is 43.7 Å². The molecular weight excluding hydrogens is 234 g/mol. The molecule has 0 aliphatic heterocycles. The number of carbonyl (C=O) groups excluding carboxylic acids is 1. The number of nitrogens with zero attached hydrogens (tertiary/aromatic N) is 1. The summed E-state index contributed by atoms with van der Waals surface area (Å²) in [5.74, 6) is 1.25. The second kappa shape index (κ2) is 6.86. The first-order valence-corrected chi connectivity index (χ1v) is 5.69. The van der Waals surface area contributed by atoms with Crippen LogP contribution in [0.3, 0.4) is 0 Å². The van der Waals surface area contributed by atoms with Gasteiger partial charge in [-0.15, -0.1) is 0 Å². The lowest BCUT2D eigenvalue weighted by molar-refractivity contribution is -0.129. The summed E-state index contributed by atoms with van der Waals surface area (Å²) in [4.78, 5) is 12.9. The molecule has 0 heterocycles. The Balaban J connectivity index is 2.59. The second-order valence-electron chi connectivity index (χ2n) is 4.02. The molecule has 1 aromatic carbocycles. The molecule has 1 rings (SSSR count). The molecule has 0 atom stereocenters. The molecule has 0 fully saturated rings. The maximum atomic E-state index is 11.4. The van der Waals surface area contributed by atoms with Gasteiger partial charge in [-0.2, -0.15) is 0 Å². The number of amides is 1. The smallest absolute Gasteiger partial charge is 0.225 e. The van der Waals surface area contributed by atoms with Crippen LogP contribution in [0.2, 0.25) is 0 Å². The summed E-state index contributed by atoms with van der Waals surface area (Å²) < 4.78 is 10.5. The van der Waals surface area contributed by atoms with E-state index in [1.807, 2.05) is 0 Å². The molecule has 0 spiro atoms. The second-order valence-corrected chi connectivity index (χ2v) is 4.02. The summed E-state index contributed by atoms with van der Waals surface area (Å²) in [6, 6.07) is 5.19. The molecular formula is C13H19NO4. The van der Waals surface area contributed by atoms with Gasteiger partial charge in [0.2, 0.25) is 5.91 Å². The number of carbonyl (C=O) groups is 1. The van der Waals surface area contributed by atoms with Gasteiger partial charge in [0.15, 0.2) is 0 Å². The van der Waals surface area contributed by atoms with Crippen LogP contribution in [-0.2, 0) is 11.4 Å². The molecule has 0 radical (unpaired) electrons. The van der Waals surface area contributed by atoms with Crippen LogP contribution in [0.15, 0.2) is 18.2 Å². The standard InChI is InChI=1S/C13H19NO4/c1-14(2)13(16)6-7-18-12-5-4-11(17-3)8-10(12)9-15/h4-5,8,15H,6-7,9H2,1-3H3. The fraction of sp³-hybridized carbons (Fsp3) is 0.462. The van der Waals surface area contributed by atoms with Crippen molar-refractivity contribution >= 4 is 5.91 Å². The minimum absolute atomic E-state index is 0.00839. The zero-order chi connectivity index (χ0) is 13.5. The van der Waals surface area contributed by atoms with E-state index in [0.717, 1.165) is 0 Å². The van der Waals surface area contributed by atoms with Crippen molar-refractivity contribution in [3.8, 4) is 11.5 Å². The number of hydrogen-bond donors (Lipinski definition) is 1. The minimum atomic E-state index is -0.131. The summed E-state index contributed by atoms with van der Waals surface area (Å²) in [7, 11) is 4.97. The third-order valence-corrected chi connectivity index (χ3v) is 2.51. The highest BCUT2D eigenvalue weighted by atomic mass is 16.5. The van der Waals surface area contributed by atoms with Crippen molar-refractivity contribution in [3.05, 3.63) is 23.8 Å². The van der Waals surface area contributed by atoms with Crippen LogP contribution in [0, 0.1) is 0 Å². The van der Waals surface area contributed by atoms with Crippen molar-refractivity contribution in [2.45, 2.75) is 13.0 Å². The van der Waals surface area contributed by atoms with Gasteiger partial charge in [0.05, 0.1) is 26.7 Å². The van der Waals surface area contributed by atoms with E-state index in [-0.39, 0.29) is 19.1 Å². The Morgan fingerprint density at radius 3 is 2.67 bits per heavy atom. The van der Waals surface area contributed by atoms with Gasteiger partial charge in [-0.25, -0.2) is 0 Å². The molecule has 18 heavy (non-hydrogen) atoms. The SMILES string of the molecule is COc1ccc(OCCC(=O)N(C)C)c(CO)c1. The van der Waals surface area contributed by atoms with Crippen LogP contribution in [0.1, 0.15) is 12.0 Å². The predicted octanol–water partition coefficient (Wildman–Crippen LogP) is 1.04. The van der Waals surface area contributed by atoms with E-state index in [9.17, 15) is 9.90 Å². The zero-order valence-electron chi connectivity index (χ0n) is 11.0. The number of hydrogen-bond acceptors (Lipinski definition) is 4. The van der Waals surface area contributed by atoms with E-state index in [0.29, 0.717) is 23.5 Å². The Kier molecular flexibility index (Phi) is 5.45. The zero-order valence-corrected chi connectivity index (χ0v) is 11.0. The molecule has 0 aliphatic carbocycles. The maximum absolute atomic E-state index is 11.4. The summed E-state index contributed by atoms with van der Waals surface area (Å²) >= 11 is 0. The monoisotopic (exact) mass is 253 g/mol. The summed E-state index contributed by atoms with van der Waals surface area (Å²) in [6.07, 6.45) is 0.309. The van der Waals surface area contributed by atoms with E-state index >= 15 is 0 Å². The molecule has 5 nitrogen and oxygen atoms in total. The molecule has 0 aromatic heterocycles. The first kappa shape index (κ1) is 14.3. The van der Waals surface area contributed by atoms with Gasteiger partial charge >= 0.3 is 0 Å². The number of aliphatic hydroxyl groups is 1. The fourth-order valence-corrected chi connectivity index (χ4v) is 1.42. The largest absolute Gasteiger partial charge is 0.497 e. The van der Waals surface area contributed by atoms with Crippen LogP contribution in [0.25, 0.3) is 0 Å². The predicted molar refractivity (Wildman–Crippen MR) is 67.7 cm³/mol. The number of methoxy groups -OCH3 is 1. The quantitative estimate of drug-likeness (QED) is 0.823. The van der Waals surface area contributed by atoms with Crippen LogP contribution in [0.4, 0.5) is 0 Å². The number of aliphatic hydroxyl groups excluding tert-OH is 1. The molecule has 0 bridgehead atoms. The topological polar surface area (TPSA) is 59.0 Å². The average Bonchev–Trinajstić information content (AvgIpc) is 2.38. The third kappa shape index (κ3) is 3.92. The van der Waals surface area contributed by atoms with Crippen LogP contribution < -0.4 is 9.47 Å².